The summed E-state index contributed by atoms with van der Waals surface area (Å²) in [6.07, 6.45) is 7.87. The summed E-state index contributed by atoms with van der Waals surface area (Å²) >= 11 is 0. The molecule has 0 unspecified atom stereocenters. The molecule has 0 heterocycles. The van der Waals surface area contributed by atoms with Gasteiger partial charge in [0.25, 0.3) is 0 Å². The average Bonchev–Trinajstić information content (AvgIpc) is 2.30. The molecule has 2 nitrogen and oxygen atoms in total. The van der Waals surface area contributed by atoms with Gasteiger partial charge < -0.3 is 9.90 Å². The summed E-state index contributed by atoms with van der Waals surface area (Å²) in [5.41, 5.74) is 3.70. The summed E-state index contributed by atoms with van der Waals surface area (Å²) in [6, 6.07) is 4.05. The predicted molar refractivity (Wildman–Crippen MR) is 63.8 cm³/mol. The van der Waals surface area contributed by atoms with Crippen molar-refractivity contribution in [2.75, 3.05) is 0 Å². The number of aldehydes is 1. The van der Waals surface area contributed by atoms with Gasteiger partial charge in [0, 0.05) is 6.42 Å². The van der Waals surface area contributed by atoms with Gasteiger partial charge in [-0.1, -0.05) is 6.07 Å². The fourth-order valence-electron chi connectivity index (χ4n) is 2.40. The fourth-order valence-corrected chi connectivity index (χ4v) is 2.40. The smallest absolute Gasteiger partial charge is 0.120 e. The van der Waals surface area contributed by atoms with Gasteiger partial charge in [-0.3, -0.25) is 0 Å². The maximum atomic E-state index is 10.3. The third-order valence-electron chi connectivity index (χ3n) is 3.31. The molecule has 0 saturated carbocycles. The molecular formula is C14H18O2. The van der Waals surface area contributed by atoms with Gasteiger partial charge in [-0.05, 0) is 61.3 Å². The third-order valence-corrected chi connectivity index (χ3v) is 3.31. The van der Waals surface area contributed by atoms with Crippen LogP contribution in [0.2, 0.25) is 0 Å². The number of rotatable bonds is 4. The van der Waals surface area contributed by atoms with E-state index in [9.17, 15) is 9.90 Å². The summed E-state index contributed by atoms with van der Waals surface area (Å²) in [5, 5.41) is 9.88. The molecule has 0 aromatic heterocycles. The topological polar surface area (TPSA) is 37.3 Å². The molecule has 2 heteroatoms. The van der Waals surface area contributed by atoms with E-state index in [1.165, 1.54) is 24.0 Å². The Hall–Kier alpha value is -1.31. The Kier molecular flexibility index (Phi) is 3.60. The Labute approximate surface area is 96.3 Å². The highest BCUT2D eigenvalue weighted by molar-refractivity contribution is 5.49. The molecule has 16 heavy (non-hydrogen) atoms. The lowest BCUT2D eigenvalue weighted by molar-refractivity contribution is -0.107. The number of hydrogen-bond donors (Lipinski definition) is 1. The first-order chi connectivity index (χ1) is 7.81. The van der Waals surface area contributed by atoms with E-state index < -0.39 is 0 Å². The van der Waals surface area contributed by atoms with Crippen LogP contribution in [0, 0.1) is 0 Å². The van der Waals surface area contributed by atoms with Crippen LogP contribution in [-0.4, -0.2) is 11.4 Å². The SMILES string of the molecule is O=CCCCc1cc2c(cc1O)CCCC2. The summed E-state index contributed by atoms with van der Waals surface area (Å²) in [5.74, 6) is 0.409. The Morgan fingerprint density at radius 1 is 1.19 bits per heavy atom. The van der Waals surface area contributed by atoms with Crippen molar-refractivity contribution in [3.63, 3.8) is 0 Å². The van der Waals surface area contributed by atoms with Crippen molar-refractivity contribution in [1.82, 2.24) is 0 Å². The Morgan fingerprint density at radius 2 is 1.88 bits per heavy atom. The number of carbonyl (C=O) groups excluding carboxylic acids is 1. The highest BCUT2D eigenvalue weighted by atomic mass is 16.3. The van der Waals surface area contributed by atoms with Crippen molar-refractivity contribution in [2.24, 2.45) is 0 Å². The molecule has 0 atom stereocenters. The number of fused-ring (bicyclic) bond motifs is 1. The second kappa shape index (κ2) is 5.15. The lowest BCUT2D eigenvalue weighted by atomic mass is 9.89. The van der Waals surface area contributed by atoms with Crippen LogP contribution in [0.3, 0.4) is 0 Å². The van der Waals surface area contributed by atoms with Crippen LogP contribution in [0.1, 0.15) is 42.4 Å². The number of phenols is 1. The monoisotopic (exact) mass is 218 g/mol. The lowest BCUT2D eigenvalue weighted by Gasteiger charge is -2.17. The van der Waals surface area contributed by atoms with Gasteiger partial charge >= 0.3 is 0 Å². The van der Waals surface area contributed by atoms with E-state index in [4.69, 9.17) is 0 Å². The molecule has 86 valence electrons. The first kappa shape index (κ1) is 11.2. The maximum absolute atomic E-state index is 10.3. The minimum Gasteiger partial charge on any atom is -0.508 e. The van der Waals surface area contributed by atoms with Crippen LogP contribution in [0.4, 0.5) is 0 Å². The molecule has 0 aliphatic heterocycles. The standard InChI is InChI=1S/C14H18O2/c15-8-4-3-7-13-9-11-5-1-2-6-12(11)10-14(13)16/h8-10,16H,1-7H2. The minimum absolute atomic E-state index is 0.409. The Bertz CT molecular complexity index is 383. The molecule has 0 fully saturated rings. The lowest BCUT2D eigenvalue weighted by Crippen LogP contribution is -2.03. The quantitative estimate of drug-likeness (QED) is 0.623. The number of hydrogen-bond acceptors (Lipinski definition) is 2. The van der Waals surface area contributed by atoms with E-state index in [0.717, 1.165) is 37.5 Å². The molecule has 1 aliphatic carbocycles. The van der Waals surface area contributed by atoms with E-state index >= 15 is 0 Å². The zero-order chi connectivity index (χ0) is 11.4. The van der Waals surface area contributed by atoms with E-state index in [2.05, 4.69) is 6.07 Å². The Balaban J connectivity index is 2.15. The van der Waals surface area contributed by atoms with Gasteiger partial charge in [0.1, 0.15) is 12.0 Å². The normalized spacial score (nSPS) is 14.5. The summed E-state index contributed by atoms with van der Waals surface area (Å²) in [4.78, 5) is 10.3. The zero-order valence-corrected chi connectivity index (χ0v) is 9.54. The van der Waals surface area contributed by atoms with Gasteiger partial charge in [-0.25, -0.2) is 0 Å². The van der Waals surface area contributed by atoms with Crippen molar-refractivity contribution in [3.05, 3.63) is 28.8 Å². The van der Waals surface area contributed by atoms with Crippen LogP contribution in [-0.2, 0) is 24.1 Å². The highest BCUT2D eigenvalue weighted by Gasteiger charge is 2.12. The van der Waals surface area contributed by atoms with Crippen LogP contribution in [0.15, 0.2) is 12.1 Å². The number of benzene rings is 1. The number of aromatic hydroxyl groups is 1. The number of carbonyl (C=O) groups is 1. The molecule has 0 bridgehead atoms. The van der Waals surface area contributed by atoms with Crippen LogP contribution in [0.5, 0.6) is 5.75 Å². The number of aryl methyl sites for hydroxylation is 3. The first-order valence-electron chi connectivity index (χ1n) is 6.08. The minimum atomic E-state index is 0.409. The van der Waals surface area contributed by atoms with Crippen LogP contribution in [0.25, 0.3) is 0 Å². The molecule has 0 saturated heterocycles. The molecule has 1 aromatic rings. The number of phenolic OH excluding ortho intramolecular Hbond substituents is 1. The van der Waals surface area contributed by atoms with Gasteiger partial charge in [-0.2, -0.15) is 0 Å². The molecule has 2 rings (SSSR count). The summed E-state index contributed by atoms with van der Waals surface area (Å²) in [7, 11) is 0. The van der Waals surface area contributed by atoms with Crippen molar-refractivity contribution in [3.8, 4) is 5.75 Å². The van der Waals surface area contributed by atoms with Crippen molar-refractivity contribution < 1.29 is 9.90 Å². The molecule has 1 aromatic carbocycles. The summed E-state index contributed by atoms with van der Waals surface area (Å²) in [6.45, 7) is 0. The third kappa shape index (κ3) is 2.43. The zero-order valence-electron chi connectivity index (χ0n) is 9.54. The first-order valence-corrected chi connectivity index (χ1v) is 6.08. The van der Waals surface area contributed by atoms with Gasteiger partial charge in [0.05, 0.1) is 0 Å². The summed E-state index contributed by atoms with van der Waals surface area (Å²) < 4.78 is 0. The second-order valence-electron chi connectivity index (χ2n) is 4.52. The molecule has 1 N–H and O–H groups in total. The Morgan fingerprint density at radius 3 is 2.56 bits per heavy atom. The largest absolute Gasteiger partial charge is 0.508 e. The second-order valence-corrected chi connectivity index (χ2v) is 4.52. The molecule has 0 amide bonds. The molecular weight excluding hydrogens is 200 g/mol. The molecule has 0 spiro atoms. The van der Waals surface area contributed by atoms with E-state index in [1.807, 2.05) is 6.07 Å². The maximum Gasteiger partial charge on any atom is 0.120 e. The van der Waals surface area contributed by atoms with Gasteiger partial charge in [0.2, 0.25) is 0 Å². The van der Waals surface area contributed by atoms with Crippen molar-refractivity contribution in [2.45, 2.75) is 44.9 Å². The average molecular weight is 218 g/mol. The van der Waals surface area contributed by atoms with Crippen molar-refractivity contribution in [1.29, 1.82) is 0 Å². The van der Waals surface area contributed by atoms with Crippen molar-refractivity contribution >= 4 is 6.29 Å². The van der Waals surface area contributed by atoms with Crippen LogP contribution < -0.4 is 0 Å². The number of unbranched alkanes of at least 4 members (excludes halogenated alkanes) is 1. The van der Waals surface area contributed by atoms with Crippen LogP contribution >= 0.6 is 0 Å². The molecule has 0 radical (unpaired) electrons. The predicted octanol–water partition coefficient (Wildman–Crippen LogP) is 2.79. The van der Waals surface area contributed by atoms with Gasteiger partial charge in [0.15, 0.2) is 0 Å². The van der Waals surface area contributed by atoms with E-state index in [0.29, 0.717) is 12.2 Å². The molecule has 1 aliphatic rings. The van der Waals surface area contributed by atoms with E-state index in [1.54, 1.807) is 0 Å². The highest BCUT2D eigenvalue weighted by Crippen LogP contribution is 2.29. The van der Waals surface area contributed by atoms with E-state index in [-0.39, 0.29) is 0 Å². The van der Waals surface area contributed by atoms with Gasteiger partial charge in [-0.15, -0.1) is 0 Å². The fraction of sp³-hybridized carbons (Fsp3) is 0.500.